The third-order valence-corrected chi connectivity index (χ3v) is 11.2. The second kappa shape index (κ2) is 13.6. The molecule has 0 aliphatic heterocycles. The summed E-state index contributed by atoms with van der Waals surface area (Å²) in [5, 5.41) is 2.75. The van der Waals surface area contributed by atoms with Gasteiger partial charge in [-0.15, -0.1) is 13.2 Å². The Morgan fingerprint density at radius 3 is 1.74 bits per heavy atom. The number of allylic oxidation sites excluding steroid dienone is 4. The Morgan fingerprint density at radius 1 is 0.643 bits per heavy atom. The van der Waals surface area contributed by atoms with Crippen LogP contribution in [0.3, 0.4) is 0 Å². The second-order valence-electron chi connectivity index (χ2n) is 13.1. The summed E-state index contributed by atoms with van der Waals surface area (Å²) in [6.45, 7) is 9.54. The van der Waals surface area contributed by atoms with Crippen molar-refractivity contribution in [2.75, 3.05) is 0 Å². The lowest BCUT2D eigenvalue weighted by Gasteiger charge is -2.35. The van der Waals surface area contributed by atoms with E-state index in [1.54, 1.807) is 0 Å². The van der Waals surface area contributed by atoms with Crippen LogP contribution in [0.15, 0.2) is 116 Å². The van der Waals surface area contributed by atoms with Crippen molar-refractivity contribution in [1.82, 2.24) is 4.57 Å². The van der Waals surface area contributed by atoms with E-state index in [2.05, 4.69) is 137 Å². The number of halogens is 1. The first kappa shape index (κ1) is 29.2. The highest BCUT2D eigenvalue weighted by molar-refractivity contribution is 9.09. The highest BCUT2D eigenvalue weighted by Crippen LogP contribution is 2.42. The summed E-state index contributed by atoms with van der Waals surface area (Å²) in [7, 11) is 0. The van der Waals surface area contributed by atoms with Gasteiger partial charge < -0.3 is 4.57 Å². The summed E-state index contributed by atoms with van der Waals surface area (Å²) in [6, 6.07) is 28.7. The maximum absolute atomic E-state index is 4.24. The zero-order valence-electron chi connectivity index (χ0n) is 25.0. The molecule has 1 heterocycles. The predicted octanol–water partition coefficient (Wildman–Crippen LogP) is 11.7. The zero-order valence-corrected chi connectivity index (χ0v) is 26.5. The molecule has 1 aromatic heterocycles. The van der Waals surface area contributed by atoms with Gasteiger partial charge in [0, 0.05) is 33.2 Å². The number of rotatable bonds is 10. The van der Waals surface area contributed by atoms with E-state index in [-0.39, 0.29) is 0 Å². The minimum Gasteiger partial charge on any atom is -0.340 e. The van der Waals surface area contributed by atoms with Gasteiger partial charge in [-0.2, -0.15) is 0 Å². The maximum atomic E-state index is 4.24. The molecule has 6 rings (SSSR count). The number of hydrogen-bond acceptors (Lipinski definition) is 0. The Morgan fingerprint density at radius 2 is 1.14 bits per heavy atom. The molecule has 218 valence electrons. The van der Waals surface area contributed by atoms with Gasteiger partial charge in [0.15, 0.2) is 0 Å². The molecule has 2 fully saturated rings. The summed E-state index contributed by atoms with van der Waals surface area (Å²) in [6.07, 6.45) is 19.8. The fourth-order valence-electron chi connectivity index (χ4n) is 8.13. The maximum Gasteiger partial charge on any atom is 0.0491 e. The van der Waals surface area contributed by atoms with Gasteiger partial charge in [0.25, 0.3) is 0 Å². The molecule has 2 aliphatic carbocycles. The Bertz CT molecular complexity index is 1460. The van der Waals surface area contributed by atoms with Crippen LogP contribution >= 0.6 is 15.9 Å². The molecule has 0 radical (unpaired) electrons. The number of aromatic nitrogens is 1. The Labute approximate surface area is 261 Å². The summed E-state index contributed by atoms with van der Waals surface area (Å²) in [4.78, 5) is 0.446. The van der Waals surface area contributed by atoms with Crippen molar-refractivity contribution in [1.29, 1.82) is 0 Å². The van der Waals surface area contributed by atoms with Gasteiger partial charge in [-0.1, -0.05) is 107 Å². The molecule has 7 unspecified atom stereocenters. The quantitative estimate of drug-likeness (QED) is 0.123. The van der Waals surface area contributed by atoms with E-state index in [0.29, 0.717) is 34.4 Å². The molecular weight excluding hydrogens is 574 g/mol. The Hall–Kier alpha value is -2.84. The average Bonchev–Trinajstić information content (AvgIpc) is 3.36. The fourth-order valence-corrected chi connectivity index (χ4v) is 8.70. The van der Waals surface area contributed by atoms with Crippen molar-refractivity contribution in [3.63, 3.8) is 0 Å². The van der Waals surface area contributed by atoms with Gasteiger partial charge in [-0.05, 0) is 105 Å². The summed E-state index contributed by atoms with van der Waals surface area (Å²) in [5.41, 5.74) is 4.14. The molecule has 0 bridgehead atoms. The molecule has 2 aliphatic rings. The SMILES string of the molecule is C=CC1CC(/C=C\C2CC(C=C)CC(Cn3c4ccccc4c4ccccc43)C2)CC(CCC(Br)c2ccccc2)C1. The standard InChI is InChI=1S/C40H46BrN/c1-3-29-22-31(26-33(23-29)20-21-38(41)35-12-6-5-7-13-35)18-19-32-24-30(4-2)25-34(27-32)28-42-39-16-10-8-14-36(39)37-15-9-11-17-40(37)42/h3-19,29-34,38H,1-2,20-28H2/b19-18-. The number of fused-ring (bicyclic) bond motifs is 3. The first-order chi connectivity index (χ1) is 20.6. The highest BCUT2D eigenvalue weighted by Gasteiger charge is 2.29. The molecule has 2 heteroatoms. The third-order valence-electron chi connectivity index (χ3n) is 10.2. The molecule has 7 atom stereocenters. The van der Waals surface area contributed by atoms with E-state index in [1.807, 2.05) is 0 Å². The summed E-state index contributed by atoms with van der Waals surface area (Å²) < 4.78 is 2.59. The summed E-state index contributed by atoms with van der Waals surface area (Å²) >= 11 is 3.96. The van der Waals surface area contributed by atoms with Crippen molar-refractivity contribution >= 4 is 37.7 Å². The van der Waals surface area contributed by atoms with Gasteiger partial charge >= 0.3 is 0 Å². The minimum atomic E-state index is 0.446. The topological polar surface area (TPSA) is 4.93 Å². The van der Waals surface area contributed by atoms with Gasteiger partial charge in [0.05, 0.1) is 0 Å². The van der Waals surface area contributed by atoms with Crippen LogP contribution in [0.2, 0.25) is 0 Å². The molecular formula is C40H46BrN. The van der Waals surface area contributed by atoms with Crippen LogP contribution in [0.25, 0.3) is 21.8 Å². The number of nitrogens with zero attached hydrogens (tertiary/aromatic N) is 1. The molecule has 0 spiro atoms. The Kier molecular flexibility index (Phi) is 9.49. The number of benzene rings is 3. The van der Waals surface area contributed by atoms with Gasteiger partial charge in [-0.3, -0.25) is 0 Å². The van der Waals surface area contributed by atoms with E-state index >= 15 is 0 Å². The normalized spacial score (nSPS) is 27.4. The number of alkyl halides is 1. The molecule has 3 aromatic carbocycles. The van der Waals surface area contributed by atoms with Crippen LogP contribution in [0.1, 0.15) is 61.8 Å². The van der Waals surface area contributed by atoms with Crippen molar-refractivity contribution < 1.29 is 0 Å². The zero-order chi connectivity index (χ0) is 28.9. The average molecular weight is 621 g/mol. The molecule has 42 heavy (non-hydrogen) atoms. The van der Waals surface area contributed by atoms with E-state index < -0.39 is 0 Å². The van der Waals surface area contributed by atoms with Crippen LogP contribution in [-0.4, -0.2) is 4.57 Å². The predicted molar refractivity (Wildman–Crippen MR) is 185 cm³/mol. The molecule has 0 saturated heterocycles. The van der Waals surface area contributed by atoms with Crippen LogP contribution in [0, 0.1) is 35.5 Å². The second-order valence-corrected chi connectivity index (χ2v) is 14.2. The molecule has 0 N–H and O–H groups in total. The van der Waals surface area contributed by atoms with Crippen molar-refractivity contribution in [3.05, 3.63) is 122 Å². The third kappa shape index (κ3) is 6.70. The molecule has 1 nitrogen and oxygen atoms in total. The van der Waals surface area contributed by atoms with Crippen LogP contribution in [0.5, 0.6) is 0 Å². The highest BCUT2D eigenvalue weighted by atomic mass is 79.9. The molecule has 0 amide bonds. The van der Waals surface area contributed by atoms with E-state index in [1.165, 1.54) is 78.7 Å². The lowest BCUT2D eigenvalue weighted by Crippen LogP contribution is -2.25. The monoisotopic (exact) mass is 619 g/mol. The van der Waals surface area contributed by atoms with Gasteiger partial charge in [-0.25, -0.2) is 0 Å². The van der Waals surface area contributed by atoms with Gasteiger partial charge in [0.1, 0.15) is 0 Å². The van der Waals surface area contributed by atoms with E-state index in [9.17, 15) is 0 Å². The molecule has 2 saturated carbocycles. The summed E-state index contributed by atoms with van der Waals surface area (Å²) in [5.74, 6) is 3.96. The first-order valence-corrected chi connectivity index (χ1v) is 17.1. The Balaban J connectivity index is 1.12. The van der Waals surface area contributed by atoms with Crippen LogP contribution in [0.4, 0.5) is 0 Å². The lowest BCUT2D eigenvalue weighted by atomic mass is 9.72. The van der Waals surface area contributed by atoms with E-state index in [0.717, 1.165) is 12.5 Å². The van der Waals surface area contributed by atoms with Crippen LogP contribution in [-0.2, 0) is 6.54 Å². The lowest BCUT2D eigenvalue weighted by molar-refractivity contribution is 0.229. The fraction of sp³-hybridized carbons (Fsp3) is 0.400. The molecule has 4 aromatic rings. The van der Waals surface area contributed by atoms with E-state index in [4.69, 9.17) is 0 Å². The smallest absolute Gasteiger partial charge is 0.0491 e. The largest absolute Gasteiger partial charge is 0.340 e. The minimum absolute atomic E-state index is 0.446. The van der Waals surface area contributed by atoms with Crippen molar-refractivity contribution in [2.45, 2.75) is 62.7 Å². The van der Waals surface area contributed by atoms with Crippen molar-refractivity contribution in [2.24, 2.45) is 35.5 Å². The van der Waals surface area contributed by atoms with Crippen molar-refractivity contribution in [3.8, 4) is 0 Å². The first-order valence-electron chi connectivity index (χ1n) is 16.2. The van der Waals surface area contributed by atoms with Crippen LogP contribution < -0.4 is 0 Å². The van der Waals surface area contributed by atoms with Gasteiger partial charge in [0.2, 0.25) is 0 Å². The number of para-hydroxylation sites is 2. The number of hydrogen-bond donors (Lipinski definition) is 0.